The van der Waals surface area contributed by atoms with Crippen molar-refractivity contribution in [3.63, 3.8) is 0 Å². The van der Waals surface area contributed by atoms with Crippen molar-refractivity contribution in [2.75, 3.05) is 20.3 Å². The van der Waals surface area contributed by atoms with Crippen LogP contribution < -0.4 is 10.6 Å². The molecule has 0 bridgehead atoms. The third kappa shape index (κ3) is 6.47. The molecule has 0 radical (unpaired) electrons. The summed E-state index contributed by atoms with van der Waals surface area (Å²) < 4.78 is 22.9. The number of aromatic nitrogens is 1. The number of alkyl carbamates (subject to hydrolysis) is 1. The van der Waals surface area contributed by atoms with Gasteiger partial charge < -0.3 is 34.6 Å². The summed E-state index contributed by atoms with van der Waals surface area (Å²) in [5.74, 6) is -2.28. The molecule has 2 fully saturated rings. The van der Waals surface area contributed by atoms with E-state index in [4.69, 9.17) is 18.9 Å². The number of esters is 1. The lowest BCUT2D eigenvalue weighted by Crippen LogP contribution is -2.64. The number of H-pyrrole nitrogens is 1. The van der Waals surface area contributed by atoms with Crippen LogP contribution in [0.15, 0.2) is 30.5 Å². The first-order valence-electron chi connectivity index (χ1n) is 13.3. The van der Waals surface area contributed by atoms with Crippen molar-refractivity contribution in [3.05, 3.63) is 36.0 Å². The summed E-state index contributed by atoms with van der Waals surface area (Å²) in [4.78, 5) is 41.8. The Morgan fingerprint density at radius 1 is 1.13 bits per heavy atom. The van der Waals surface area contributed by atoms with Crippen molar-refractivity contribution in [2.45, 2.75) is 82.8 Å². The molecular weight excluding hydrogens is 490 g/mol. The van der Waals surface area contributed by atoms with Crippen LogP contribution in [0.3, 0.4) is 0 Å². The molecule has 1 spiro atoms. The molecule has 3 atom stereocenters. The second kappa shape index (κ2) is 11.7. The molecule has 208 valence electrons. The van der Waals surface area contributed by atoms with E-state index in [0.717, 1.165) is 29.3 Å². The van der Waals surface area contributed by atoms with Gasteiger partial charge in [-0.1, -0.05) is 24.6 Å². The van der Waals surface area contributed by atoms with E-state index in [1.165, 1.54) is 7.11 Å². The van der Waals surface area contributed by atoms with Crippen LogP contribution in [0.4, 0.5) is 4.79 Å². The van der Waals surface area contributed by atoms with Crippen molar-refractivity contribution in [1.82, 2.24) is 15.6 Å². The van der Waals surface area contributed by atoms with Crippen LogP contribution in [0.2, 0.25) is 0 Å². The average molecular weight is 530 g/mol. The maximum atomic E-state index is 13.3. The highest BCUT2D eigenvalue weighted by atomic mass is 16.7. The minimum Gasteiger partial charge on any atom is -0.467 e. The molecule has 3 N–H and O–H groups in total. The minimum absolute atomic E-state index is 0.0773. The predicted molar refractivity (Wildman–Crippen MR) is 140 cm³/mol. The van der Waals surface area contributed by atoms with Crippen LogP contribution in [0.5, 0.6) is 0 Å². The number of fused-ring (bicyclic) bond motifs is 1. The van der Waals surface area contributed by atoms with E-state index in [9.17, 15) is 14.4 Å². The molecule has 2 heterocycles. The van der Waals surface area contributed by atoms with Gasteiger partial charge in [0.2, 0.25) is 5.91 Å². The molecule has 1 aliphatic heterocycles. The van der Waals surface area contributed by atoms with Crippen molar-refractivity contribution >= 4 is 28.9 Å². The number of benzene rings is 1. The third-order valence-corrected chi connectivity index (χ3v) is 7.09. The fraction of sp³-hybridized carbons (Fsp3) is 0.607. The Balaban J connectivity index is 1.48. The number of carbonyl (C=O) groups is 3. The summed E-state index contributed by atoms with van der Waals surface area (Å²) in [6.07, 6.45) is 4.50. The van der Waals surface area contributed by atoms with Gasteiger partial charge in [-0.2, -0.15) is 0 Å². The lowest BCUT2D eigenvalue weighted by atomic mass is 9.77. The van der Waals surface area contributed by atoms with Gasteiger partial charge in [0, 0.05) is 35.9 Å². The Labute approximate surface area is 223 Å². The minimum atomic E-state index is -1.14. The molecule has 1 aromatic heterocycles. The lowest BCUT2D eigenvalue weighted by Gasteiger charge is -2.50. The predicted octanol–water partition coefficient (Wildman–Crippen LogP) is 3.58. The maximum absolute atomic E-state index is 13.3. The van der Waals surface area contributed by atoms with Crippen LogP contribution in [-0.2, 0) is 35.0 Å². The number of para-hydroxylation sites is 1. The summed E-state index contributed by atoms with van der Waals surface area (Å²) in [6.45, 7) is 6.35. The molecule has 2 aliphatic rings. The van der Waals surface area contributed by atoms with E-state index in [0.29, 0.717) is 26.1 Å². The molecule has 1 saturated carbocycles. The monoisotopic (exact) mass is 529 g/mol. The van der Waals surface area contributed by atoms with E-state index in [1.54, 1.807) is 20.8 Å². The zero-order valence-electron chi connectivity index (χ0n) is 22.6. The highest BCUT2D eigenvalue weighted by Crippen LogP contribution is 2.42. The number of aromatic amines is 1. The number of ether oxygens (including phenoxy) is 4. The summed E-state index contributed by atoms with van der Waals surface area (Å²) in [5, 5.41) is 6.80. The SMILES string of the molecule is COC(=O)[C@H](Cc1c[nH]c2ccccc12)NC(=O)C[C@H]1CCC[C@@H](NC(=O)OC(C)(C)C)C12OCCCO2. The first kappa shape index (κ1) is 27.9. The number of rotatable bonds is 7. The zero-order chi connectivity index (χ0) is 27.3. The van der Waals surface area contributed by atoms with E-state index >= 15 is 0 Å². The Morgan fingerprint density at radius 2 is 1.87 bits per heavy atom. The molecular formula is C28H39N3O7. The summed E-state index contributed by atoms with van der Waals surface area (Å²) in [5.41, 5.74) is 1.22. The van der Waals surface area contributed by atoms with E-state index in [2.05, 4.69) is 15.6 Å². The zero-order valence-corrected chi connectivity index (χ0v) is 22.6. The summed E-state index contributed by atoms with van der Waals surface area (Å²) in [7, 11) is 1.31. The Morgan fingerprint density at radius 3 is 2.58 bits per heavy atom. The number of amides is 2. The quantitative estimate of drug-likeness (QED) is 0.468. The molecule has 4 rings (SSSR count). The molecule has 38 heavy (non-hydrogen) atoms. The first-order chi connectivity index (χ1) is 18.1. The average Bonchev–Trinajstić information content (AvgIpc) is 3.28. The third-order valence-electron chi connectivity index (χ3n) is 7.09. The van der Waals surface area contributed by atoms with Gasteiger partial charge in [-0.3, -0.25) is 4.79 Å². The molecule has 10 nitrogen and oxygen atoms in total. The van der Waals surface area contributed by atoms with Crippen LogP contribution in [0, 0.1) is 5.92 Å². The number of methoxy groups -OCH3 is 1. The molecule has 0 unspecified atom stereocenters. The lowest BCUT2D eigenvalue weighted by molar-refractivity contribution is -0.316. The topological polar surface area (TPSA) is 128 Å². The fourth-order valence-electron chi connectivity index (χ4n) is 5.46. The van der Waals surface area contributed by atoms with Gasteiger partial charge >= 0.3 is 12.1 Å². The highest BCUT2D eigenvalue weighted by molar-refractivity contribution is 5.87. The molecule has 1 saturated heterocycles. The van der Waals surface area contributed by atoms with Gasteiger partial charge in [0.25, 0.3) is 0 Å². The van der Waals surface area contributed by atoms with E-state index < -0.39 is 35.5 Å². The van der Waals surface area contributed by atoms with Crippen LogP contribution >= 0.6 is 0 Å². The molecule has 1 aromatic carbocycles. The Kier molecular flexibility index (Phi) is 8.62. The number of nitrogens with one attached hydrogen (secondary N) is 3. The highest BCUT2D eigenvalue weighted by Gasteiger charge is 2.53. The van der Waals surface area contributed by atoms with Gasteiger partial charge in [-0.25, -0.2) is 9.59 Å². The van der Waals surface area contributed by atoms with Crippen molar-refractivity contribution < 1.29 is 33.3 Å². The van der Waals surface area contributed by atoms with Crippen LogP contribution in [-0.4, -0.2) is 66.7 Å². The summed E-state index contributed by atoms with van der Waals surface area (Å²) >= 11 is 0. The maximum Gasteiger partial charge on any atom is 0.408 e. The van der Waals surface area contributed by atoms with E-state index in [1.807, 2.05) is 30.5 Å². The van der Waals surface area contributed by atoms with Gasteiger partial charge in [0.15, 0.2) is 5.79 Å². The molecule has 2 aromatic rings. The fourth-order valence-corrected chi connectivity index (χ4v) is 5.46. The van der Waals surface area contributed by atoms with Gasteiger partial charge in [-0.05, 0) is 51.7 Å². The van der Waals surface area contributed by atoms with Crippen molar-refractivity contribution in [3.8, 4) is 0 Å². The first-order valence-corrected chi connectivity index (χ1v) is 13.3. The van der Waals surface area contributed by atoms with Crippen molar-refractivity contribution in [2.24, 2.45) is 5.92 Å². The van der Waals surface area contributed by atoms with Crippen LogP contribution in [0.25, 0.3) is 10.9 Å². The second-order valence-corrected chi connectivity index (χ2v) is 11.0. The number of hydrogen-bond donors (Lipinski definition) is 3. The van der Waals surface area contributed by atoms with E-state index in [-0.39, 0.29) is 24.7 Å². The largest absolute Gasteiger partial charge is 0.467 e. The van der Waals surface area contributed by atoms with Gasteiger partial charge in [0.1, 0.15) is 11.6 Å². The second-order valence-electron chi connectivity index (χ2n) is 11.0. The molecule has 2 amide bonds. The molecule has 1 aliphatic carbocycles. The Bertz CT molecular complexity index is 1130. The van der Waals surface area contributed by atoms with Gasteiger partial charge in [0.05, 0.1) is 26.4 Å². The van der Waals surface area contributed by atoms with Crippen molar-refractivity contribution in [1.29, 1.82) is 0 Å². The van der Waals surface area contributed by atoms with Crippen LogP contribution in [0.1, 0.15) is 58.4 Å². The summed E-state index contributed by atoms with van der Waals surface area (Å²) in [6, 6.07) is 6.47. The smallest absolute Gasteiger partial charge is 0.408 e. The number of hydrogen-bond acceptors (Lipinski definition) is 7. The standard InChI is InChI=1S/C28H39N3O7/c1-27(2,3)38-26(34)31-23-12-7-9-19(28(23)36-13-8-14-37-28)16-24(32)30-22(25(33)35-4)15-18-17-29-21-11-6-5-10-20(18)21/h5-6,10-11,17,19,22-23,29H,7-9,12-16H2,1-4H3,(H,30,32)(H,31,34)/t19-,22+,23-/m1/s1. The Hall–Kier alpha value is -3.11. The molecule has 10 heteroatoms. The van der Waals surface area contributed by atoms with Gasteiger partial charge in [-0.15, -0.1) is 0 Å². The number of carbonyl (C=O) groups excluding carboxylic acids is 3. The normalized spacial score (nSPS) is 22.0.